The van der Waals surface area contributed by atoms with Crippen molar-refractivity contribution < 1.29 is 22.8 Å². The summed E-state index contributed by atoms with van der Waals surface area (Å²) in [6.45, 7) is 1.45. The van der Waals surface area contributed by atoms with Crippen molar-refractivity contribution in [3.8, 4) is 0 Å². The molecular weight excluding hydrogens is 344 g/mol. The molecular formula is C17H18N2O5S. The molecule has 0 aliphatic heterocycles. The van der Waals surface area contributed by atoms with Gasteiger partial charge in [-0.25, -0.2) is 8.42 Å². The number of sulfonamides is 1. The number of amides is 1. The third-order valence-electron chi connectivity index (χ3n) is 3.54. The third-order valence-corrected chi connectivity index (χ3v) is 5.21. The largest absolute Gasteiger partial charge is 0.322 e. The van der Waals surface area contributed by atoms with Crippen LogP contribution in [0.3, 0.4) is 0 Å². The Morgan fingerprint density at radius 2 is 1.68 bits per heavy atom. The minimum Gasteiger partial charge on any atom is -0.322 e. The fourth-order valence-electron chi connectivity index (χ4n) is 2.04. The van der Waals surface area contributed by atoms with Crippen LogP contribution in [0.1, 0.15) is 27.6 Å². The number of rotatable bonds is 6. The van der Waals surface area contributed by atoms with Gasteiger partial charge in [-0.05, 0) is 49.4 Å². The van der Waals surface area contributed by atoms with Gasteiger partial charge in [-0.15, -0.1) is 0 Å². The number of anilines is 1. The maximum atomic E-state index is 12.3. The molecule has 0 saturated carbocycles. The summed E-state index contributed by atoms with van der Waals surface area (Å²) in [5.41, 5.74) is 1.21. The molecule has 0 aliphatic rings. The minimum absolute atomic E-state index is 0.0589. The van der Waals surface area contributed by atoms with E-state index in [-0.39, 0.29) is 16.2 Å². The highest BCUT2D eigenvalue weighted by atomic mass is 32.2. The molecule has 0 heterocycles. The Bertz CT molecular complexity index is 892. The lowest BCUT2D eigenvalue weighted by Crippen LogP contribution is -2.26. The Labute approximate surface area is 146 Å². The van der Waals surface area contributed by atoms with Gasteiger partial charge in [-0.3, -0.25) is 14.4 Å². The zero-order valence-corrected chi connectivity index (χ0v) is 14.8. The average Bonchev–Trinajstić information content (AvgIpc) is 2.61. The Hall–Kier alpha value is -2.55. The number of hydrogen-bond donors (Lipinski definition) is 1. The SMILES string of the molecule is CON(C)S(=O)(=O)c1cccc(C(=O)Nc2ccc(C(C)=O)cc2)c1. The number of carbonyl (C=O) groups is 2. The van der Waals surface area contributed by atoms with Crippen LogP contribution in [0.15, 0.2) is 53.4 Å². The molecule has 2 aromatic rings. The third kappa shape index (κ3) is 4.30. The first-order valence-corrected chi connectivity index (χ1v) is 8.75. The van der Waals surface area contributed by atoms with Crippen LogP contribution in [0.2, 0.25) is 0 Å². The summed E-state index contributed by atoms with van der Waals surface area (Å²) in [6.07, 6.45) is 0. The van der Waals surface area contributed by atoms with Crippen molar-refractivity contribution >= 4 is 27.4 Å². The standard InChI is InChI=1S/C17H18N2O5S/c1-12(20)13-7-9-15(10-8-13)18-17(21)14-5-4-6-16(11-14)25(22,23)19(2)24-3/h4-11H,1-3H3,(H,18,21). The number of nitrogens with zero attached hydrogens (tertiary/aromatic N) is 1. The summed E-state index contributed by atoms with van der Waals surface area (Å²) in [6, 6.07) is 12.0. The molecule has 132 valence electrons. The van der Waals surface area contributed by atoms with Crippen LogP contribution in [-0.4, -0.2) is 38.7 Å². The highest BCUT2D eigenvalue weighted by Gasteiger charge is 2.21. The number of benzene rings is 2. The van der Waals surface area contributed by atoms with E-state index in [2.05, 4.69) is 5.32 Å². The molecule has 1 N–H and O–H groups in total. The predicted octanol–water partition coefficient (Wildman–Crippen LogP) is 2.32. The summed E-state index contributed by atoms with van der Waals surface area (Å²) in [7, 11) is -1.34. The molecule has 0 spiro atoms. The number of Topliss-reactive ketones (excluding diaryl/α,β-unsaturated/α-hetero) is 1. The van der Waals surface area contributed by atoms with Gasteiger partial charge in [-0.1, -0.05) is 10.5 Å². The van der Waals surface area contributed by atoms with Gasteiger partial charge >= 0.3 is 0 Å². The summed E-state index contributed by atoms with van der Waals surface area (Å²) in [5.74, 6) is -0.536. The van der Waals surface area contributed by atoms with Gasteiger partial charge in [0.25, 0.3) is 15.9 Å². The Balaban J connectivity index is 2.23. The Morgan fingerprint density at radius 3 is 2.24 bits per heavy atom. The smallest absolute Gasteiger partial charge is 0.264 e. The van der Waals surface area contributed by atoms with Gasteiger partial charge in [0.05, 0.1) is 12.0 Å². The second kappa shape index (κ2) is 7.56. The highest BCUT2D eigenvalue weighted by molar-refractivity contribution is 7.89. The zero-order valence-electron chi connectivity index (χ0n) is 14.0. The summed E-state index contributed by atoms with van der Waals surface area (Å²) < 4.78 is 25.2. The lowest BCUT2D eigenvalue weighted by Gasteiger charge is -2.14. The van der Waals surface area contributed by atoms with Crippen LogP contribution >= 0.6 is 0 Å². The lowest BCUT2D eigenvalue weighted by atomic mass is 10.1. The fraction of sp³-hybridized carbons (Fsp3) is 0.176. The molecule has 7 nitrogen and oxygen atoms in total. The van der Waals surface area contributed by atoms with Crippen molar-refractivity contribution in [2.45, 2.75) is 11.8 Å². The van der Waals surface area contributed by atoms with Gasteiger partial charge in [0.1, 0.15) is 0 Å². The van der Waals surface area contributed by atoms with Crippen molar-refractivity contribution in [2.75, 3.05) is 19.5 Å². The van der Waals surface area contributed by atoms with Gasteiger partial charge < -0.3 is 5.32 Å². The monoisotopic (exact) mass is 362 g/mol. The zero-order chi connectivity index (χ0) is 18.6. The molecule has 0 unspecified atom stereocenters. The topological polar surface area (TPSA) is 92.8 Å². The summed E-state index contributed by atoms with van der Waals surface area (Å²) in [5, 5.41) is 2.66. The quantitative estimate of drug-likeness (QED) is 0.629. The van der Waals surface area contributed by atoms with Crippen LogP contribution < -0.4 is 5.32 Å². The van der Waals surface area contributed by atoms with Gasteiger partial charge in [0, 0.05) is 23.9 Å². The molecule has 25 heavy (non-hydrogen) atoms. The van der Waals surface area contributed by atoms with E-state index in [0.29, 0.717) is 15.7 Å². The van der Waals surface area contributed by atoms with E-state index in [0.717, 1.165) is 0 Å². The molecule has 0 saturated heterocycles. The number of nitrogens with one attached hydrogen (secondary N) is 1. The normalized spacial score (nSPS) is 11.4. The summed E-state index contributed by atoms with van der Waals surface area (Å²) in [4.78, 5) is 28.2. The van der Waals surface area contributed by atoms with Crippen LogP contribution in [0.5, 0.6) is 0 Å². The first-order valence-electron chi connectivity index (χ1n) is 7.31. The number of hydroxylamine groups is 1. The molecule has 2 aromatic carbocycles. The number of ketones is 1. The number of hydrogen-bond acceptors (Lipinski definition) is 5. The van der Waals surface area contributed by atoms with E-state index in [9.17, 15) is 18.0 Å². The van der Waals surface area contributed by atoms with E-state index in [1.807, 2.05) is 0 Å². The molecule has 0 aromatic heterocycles. The highest BCUT2D eigenvalue weighted by Crippen LogP contribution is 2.17. The first-order chi connectivity index (χ1) is 11.8. The minimum atomic E-state index is -3.84. The summed E-state index contributed by atoms with van der Waals surface area (Å²) >= 11 is 0. The van der Waals surface area contributed by atoms with E-state index < -0.39 is 15.9 Å². The second-order valence-electron chi connectivity index (χ2n) is 5.21. The van der Waals surface area contributed by atoms with Crippen molar-refractivity contribution in [3.63, 3.8) is 0 Å². The van der Waals surface area contributed by atoms with Crippen LogP contribution in [0, 0.1) is 0 Å². The van der Waals surface area contributed by atoms with Gasteiger partial charge in [0.2, 0.25) is 0 Å². The predicted molar refractivity (Wildman–Crippen MR) is 92.8 cm³/mol. The van der Waals surface area contributed by atoms with Crippen LogP contribution in [-0.2, 0) is 14.9 Å². The fourth-order valence-corrected chi connectivity index (χ4v) is 3.06. The molecule has 2 rings (SSSR count). The van der Waals surface area contributed by atoms with Gasteiger partial charge in [-0.2, -0.15) is 0 Å². The average molecular weight is 362 g/mol. The molecule has 0 radical (unpaired) electrons. The van der Waals surface area contributed by atoms with E-state index in [1.165, 1.54) is 45.3 Å². The molecule has 8 heteroatoms. The van der Waals surface area contributed by atoms with E-state index >= 15 is 0 Å². The Kier molecular flexibility index (Phi) is 5.68. The molecule has 0 fully saturated rings. The van der Waals surface area contributed by atoms with Crippen molar-refractivity contribution in [2.24, 2.45) is 0 Å². The van der Waals surface area contributed by atoms with Crippen molar-refractivity contribution in [1.82, 2.24) is 4.47 Å². The van der Waals surface area contributed by atoms with Gasteiger partial charge in [0.15, 0.2) is 5.78 Å². The maximum absolute atomic E-state index is 12.3. The first kappa shape index (κ1) is 18.8. The molecule has 0 aliphatic carbocycles. The Morgan fingerprint density at radius 1 is 1.04 bits per heavy atom. The molecule has 1 amide bonds. The number of carbonyl (C=O) groups excluding carboxylic acids is 2. The second-order valence-corrected chi connectivity index (χ2v) is 7.15. The van der Waals surface area contributed by atoms with Crippen LogP contribution in [0.25, 0.3) is 0 Å². The maximum Gasteiger partial charge on any atom is 0.264 e. The van der Waals surface area contributed by atoms with E-state index in [4.69, 9.17) is 4.84 Å². The molecule has 0 atom stereocenters. The molecule has 0 bridgehead atoms. The van der Waals surface area contributed by atoms with Crippen molar-refractivity contribution in [1.29, 1.82) is 0 Å². The lowest BCUT2D eigenvalue weighted by molar-refractivity contribution is -0.0258. The van der Waals surface area contributed by atoms with Crippen LogP contribution in [0.4, 0.5) is 5.69 Å². The van der Waals surface area contributed by atoms with Crippen molar-refractivity contribution in [3.05, 3.63) is 59.7 Å². The van der Waals surface area contributed by atoms with E-state index in [1.54, 1.807) is 24.3 Å².